The molecule has 130 valence electrons. The van der Waals surface area contributed by atoms with Crippen molar-refractivity contribution in [1.29, 1.82) is 0 Å². The smallest absolute Gasteiger partial charge is 0.291 e. The second-order valence-corrected chi connectivity index (χ2v) is 5.05. The average molecular weight is 355 g/mol. The zero-order valence-electron chi connectivity index (χ0n) is 12.4. The third-order valence-corrected chi connectivity index (χ3v) is 3.52. The molecule has 0 bridgehead atoms. The third kappa shape index (κ3) is 2.56. The van der Waals surface area contributed by atoms with Gasteiger partial charge in [0.15, 0.2) is 0 Å². The molecule has 0 saturated heterocycles. The fourth-order valence-electron chi connectivity index (χ4n) is 2.34. The van der Waals surface area contributed by atoms with E-state index in [1.807, 2.05) is 0 Å². The molecule has 2 heterocycles. The molecular formula is C13H8F3N5O4. The maximum absolute atomic E-state index is 12.9. The van der Waals surface area contributed by atoms with E-state index in [0.29, 0.717) is 4.68 Å². The topological polar surface area (TPSA) is 105 Å². The summed E-state index contributed by atoms with van der Waals surface area (Å²) in [5, 5.41) is 14.8. The highest BCUT2D eigenvalue weighted by atomic mass is 19.4. The Morgan fingerprint density at radius 1 is 1.20 bits per heavy atom. The lowest BCUT2D eigenvalue weighted by Crippen LogP contribution is -2.45. The molecule has 2 aromatic heterocycles. The molecule has 0 aliphatic heterocycles. The minimum absolute atomic E-state index is 0.143. The van der Waals surface area contributed by atoms with Crippen LogP contribution in [0.3, 0.4) is 0 Å². The van der Waals surface area contributed by atoms with Gasteiger partial charge in [0, 0.05) is 30.6 Å². The number of hydrogen-bond donors (Lipinski definition) is 0. The zero-order valence-corrected chi connectivity index (χ0v) is 12.4. The van der Waals surface area contributed by atoms with Gasteiger partial charge in [-0.25, -0.2) is 4.79 Å². The number of nitro groups is 1. The molecule has 3 rings (SSSR count). The maximum Gasteiger partial charge on any atom is 0.431 e. The summed E-state index contributed by atoms with van der Waals surface area (Å²) in [5.41, 5.74) is -3.99. The lowest BCUT2D eigenvalue weighted by atomic mass is 10.2. The Kier molecular flexibility index (Phi) is 3.47. The van der Waals surface area contributed by atoms with Gasteiger partial charge in [0.25, 0.3) is 11.2 Å². The molecule has 0 aliphatic rings. The molecule has 0 atom stereocenters. The number of nitrogens with zero attached hydrogens (tertiary/aromatic N) is 5. The highest BCUT2D eigenvalue weighted by Gasteiger charge is 2.35. The van der Waals surface area contributed by atoms with Crippen LogP contribution in [0.1, 0.15) is 5.69 Å². The quantitative estimate of drug-likeness (QED) is 0.506. The van der Waals surface area contributed by atoms with Crippen LogP contribution in [0, 0.1) is 10.1 Å². The fraction of sp³-hybridized carbons (Fsp3) is 0.154. The molecule has 0 radical (unpaired) electrons. The second kappa shape index (κ2) is 5.29. The third-order valence-electron chi connectivity index (χ3n) is 3.52. The molecule has 0 amide bonds. The monoisotopic (exact) mass is 355 g/mol. The molecule has 1 aromatic carbocycles. The Balaban J connectivity index is 2.30. The zero-order chi connectivity index (χ0) is 18.5. The van der Waals surface area contributed by atoms with E-state index < -0.39 is 28.0 Å². The first-order valence-electron chi connectivity index (χ1n) is 6.64. The van der Waals surface area contributed by atoms with Crippen molar-refractivity contribution in [1.82, 2.24) is 19.1 Å². The van der Waals surface area contributed by atoms with E-state index in [2.05, 4.69) is 5.10 Å². The van der Waals surface area contributed by atoms with Gasteiger partial charge < -0.3 is 0 Å². The van der Waals surface area contributed by atoms with Crippen LogP contribution in [0.4, 0.5) is 18.9 Å². The van der Waals surface area contributed by atoms with Gasteiger partial charge in [0.2, 0.25) is 0 Å². The molecule has 0 fully saturated rings. The Morgan fingerprint density at radius 3 is 2.48 bits per heavy atom. The molecule has 12 heteroatoms. The lowest BCUT2D eigenvalue weighted by molar-refractivity contribution is -0.384. The van der Waals surface area contributed by atoms with Gasteiger partial charge in [-0.3, -0.25) is 19.5 Å². The minimum Gasteiger partial charge on any atom is -0.291 e. The van der Waals surface area contributed by atoms with Gasteiger partial charge in [-0.2, -0.15) is 23.1 Å². The number of fused-ring (bicyclic) bond motifs is 1. The van der Waals surface area contributed by atoms with E-state index in [-0.39, 0.29) is 27.2 Å². The normalized spacial score (nSPS) is 11.8. The van der Waals surface area contributed by atoms with E-state index in [9.17, 15) is 32.9 Å². The molecule has 0 aliphatic carbocycles. The van der Waals surface area contributed by atoms with Crippen LogP contribution < -0.4 is 11.2 Å². The molecule has 9 nitrogen and oxygen atoms in total. The van der Waals surface area contributed by atoms with Crippen molar-refractivity contribution in [2.45, 2.75) is 6.18 Å². The Labute approximate surface area is 135 Å². The number of aromatic nitrogens is 4. The summed E-state index contributed by atoms with van der Waals surface area (Å²) in [4.78, 5) is 35.2. The van der Waals surface area contributed by atoms with Crippen molar-refractivity contribution in [2.75, 3.05) is 0 Å². The van der Waals surface area contributed by atoms with E-state index in [1.54, 1.807) is 0 Å². The van der Waals surface area contributed by atoms with E-state index in [4.69, 9.17) is 0 Å². The largest absolute Gasteiger partial charge is 0.431 e. The van der Waals surface area contributed by atoms with Crippen molar-refractivity contribution in [3.05, 3.63) is 67.1 Å². The van der Waals surface area contributed by atoms with Crippen molar-refractivity contribution in [3.8, 4) is 0 Å². The van der Waals surface area contributed by atoms with Crippen molar-refractivity contribution < 1.29 is 18.1 Å². The first-order valence-corrected chi connectivity index (χ1v) is 6.64. The summed E-state index contributed by atoms with van der Waals surface area (Å²) < 4.78 is 39.3. The Hall–Kier alpha value is -3.44. The van der Waals surface area contributed by atoms with Crippen LogP contribution in [0.5, 0.6) is 0 Å². The van der Waals surface area contributed by atoms with Gasteiger partial charge in [0.05, 0.1) is 16.6 Å². The summed E-state index contributed by atoms with van der Waals surface area (Å²) in [7, 11) is 0.873. The van der Waals surface area contributed by atoms with E-state index in [0.717, 1.165) is 24.1 Å². The van der Waals surface area contributed by atoms with E-state index in [1.165, 1.54) is 12.1 Å². The number of alkyl halides is 3. The molecule has 25 heavy (non-hydrogen) atoms. The highest BCUT2D eigenvalue weighted by molar-refractivity contribution is 5.81. The molecular weight excluding hydrogens is 347 g/mol. The van der Waals surface area contributed by atoms with Crippen molar-refractivity contribution in [3.63, 3.8) is 0 Å². The SMILES string of the molecule is Cn1c(C(F)(F)F)cc(=O)n(-n2ncc3cc([N+](=O)[O-])ccc32)c1=O. The number of hydrogen-bond acceptors (Lipinski definition) is 5. The van der Waals surface area contributed by atoms with Crippen LogP contribution >= 0.6 is 0 Å². The van der Waals surface area contributed by atoms with Crippen LogP contribution in [0.25, 0.3) is 10.9 Å². The van der Waals surface area contributed by atoms with Gasteiger partial charge in [0.1, 0.15) is 5.69 Å². The summed E-state index contributed by atoms with van der Waals surface area (Å²) in [6, 6.07) is 3.81. The predicted molar refractivity (Wildman–Crippen MR) is 78.1 cm³/mol. The summed E-state index contributed by atoms with van der Waals surface area (Å²) >= 11 is 0. The number of halogens is 3. The number of rotatable bonds is 2. The lowest BCUT2D eigenvalue weighted by Gasteiger charge is -2.14. The molecule has 0 saturated carbocycles. The number of non-ortho nitro benzene ring substituents is 1. The highest BCUT2D eigenvalue weighted by Crippen LogP contribution is 2.27. The molecule has 3 aromatic rings. The van der Waals surface area contributed by atoms with Gasteiger partial charge >= 0.3 is 11.9 Å². The van der Waals surface area contributed by atoms with E-state index >= 15 is 0 Å². The molecule has 0 spiro atoms. The summed E-state index contributed by atoms with van der Waals surface area (Å²) in [5.74, 6) is 0. The van der Waals surface area contributed by atoms with Crippen LogP contribution in [0.15, 0.2) is 40.1 Å². The first-order chi connectivity index (χ1) is 11.6. The average Bonchev–Trinajstić information content (AvgIpc) is 2.93. The van der Waals surface area contributed by atoms with Gasteiger partial charge in [-0.15, -0.1) is 4.68 Å². The van der Waals surface area contributed by atoms with Crippen LogP contribution in [-0.2, 0) is 13.2 Å². The van der Waals surface area contributed by atoms with Crippen molar-refractivity contribution >= 4 is 16.6 Å². The second-order valence-electron chi connectivity index (χ2n) is 5.05. The van der Waals surface area contributed by atoms with Gasteiger partial charge in [-0.1, -0.05) is 0 Å². The number of benzene rings is 1. The fourth-order valence-corrected chi connectivity index (χ4v) is 2.34. The number of nitro benzene ring substituents is 1. The minimum atomic E-state index is -4.88. The standard InChI is InChI=1S/C13H8F3N5O4/c1-18-10(13(14,15)16)5-11(22)19(12(18)23)20-9-3-2-8(21(24)25)4-7(9)6-17-20/h2-6H,1H3. The van der Waals surface area contributed by atoms with Gasteiger partial charge in [-0.05, 0) is 6.07 Å². The molecule has 0 unspecified atom stereocenters. The van der Waals surface area contributed by atoms with Crippen molar-refractivity contribution in [2.24, 2.45) is 7.05 Å². The summed E-state index contributed by atoms with van der Waals surface area (Å²) in [6.07, 6.45) is -3.72. The van der Waals surface area contributed by atoms with Crippen LogP contribution in [0.2, 0.25) is 0 Å². The maximum atomic E-state index is 12.9. The molecule has 0 N–H and O–H groups in total. The summed E-state index contributed by atoms with van der Waals surface area (Å²) in [6.45, 7) is 0. The Morgan fingerprint density at radius 2 is 1.88 bits per heavy atom. The Bertz CT molecular complexity index is 1130. The first kappa shape index (κ1) is 16.4. The van der Waals surface area contributed by atoms with Crippen LogP contribution in [-0.4, -0.2) is 24.1 Å². The predicted octanol–water partition coefficient (Wildman–Crippen LogP) is 1.14.